The van der Waals surface area contributed by atoms with Gasteiger partial charge in [0.25, 0.3) is 0 Å². The molecule has 0 bridgehead atoms. The predicted molar refractivity (Wildman–Crippen MR) is 101 cm³/mol. The number of benzene rings is 1. The maximum atomic E-state index is 13.0. The van der Waals surface area contributed by atoms with Crippen molar-refractivity contribution in [2.75, 3.05) is 26.7 Å². The Kier molecular flexibility index (Phi) is 5.90. The van der Waals surface area contributed by atoms with Crippen molar-refractivity contribution in [2.45, 2.75) is 19.5 Å². The fourth-order valence-corrected chi connectivity index (χ4v) is 3.11. The van der Waals surface area contributed by atoms with Crippen LogP contribution in [0.15, 0.2) is 48.8 Å². The second kappa shape index (κ2) is 8.53. The van der Waals surface area contributed by atoms with Crippen LogP contribution in [0, 0.1) is 0 Å². The lowest BCUT2D eigenvalue weighted by atomic mass is 10.1. The van der Waals surface area contributed by atoms with Gasteiger partial charge < -0.3 is 19.9 Å². The predicted octanol–water partition coefficient (Wildman–Crippen LogP) is 2.21. The van der Waals surface area contributed by atoms with E-state index in [0.717, 1.165) is 16.9 Å². The number of ether oxygens (including phenoxy) is 1. The third-order valence-electron chi connectivity index (χ3n) is 4.73. The molecular formula is C20H24N4O3. The Balaban J connectivity index is 1.81. The van der Waals surface area contributed by atoms with Crippen LogP contribution in [-0.2, 0) is 11.3 Å². The normalized spacial score (nSPS) is 14.6. The third-order valence-corrected chi connectivity index (χ3v) is 4.73. The Morgan fingerprint density at radius 3 is 2.70 bits per heavy atom. The topological polar surface area (TPSA) is 74.8 Å². The van der Waals surface area contributed by atoms with Crippen LogP contribution in [0.3, 0.4) is 0 Å². The van der Waals surface area contributed by atoms with Crippen molar-refractivity contribution in [2.24, 2.45) is 0 Å². The summed E-state index contributed by atoms with van der Waals surface area (Å²) < 4.78 is 5.21. The summed E-state index contributed by atoms with van der Waals surface area (Å²) in [5, 5.41) is 2.73. The van der Waals surface area contributed by atoms with E-state index in [1.165, 1.54) is 0 Å². The van der Waals surface area contributed by atoms with Crippen LogP contribution >= 0.6 is 0 Å². The second-order valence-corrected chi connectivity index (χ2v) is 6.49. The van der Waals surface area contributed by atoms with E-state index in [4.69, 9.17) is 4.74 Å². The number of aromatic nitrogens is 1. The average Bonchev–Trinajstić information content (AvgIpc) is 3.11. The number of nitrogens with one attached hydrogen (secondary N) is 1. The highest BCUT2D eigenvalue weighted by Gasteiger charge is 2.27. The van der Waals surface area contributed by atoms with Gasteiger partial charge in [-0.3, -0.25) is 9.78 Å². The SMILES string of the molecule is COc1ccc(C(C)N(Cc2cccnc2)C(=O)CN2CCNC2=O)cc1. The van der Waals surface area contributed by atoms with E-state index in [1.807, 2.05) is 43.3 Å². The first-order chi connectivity index (χ1) is 13.1. The molecule has 2 heterocycles. The number of hydrogen-bond acceptors (Lipinski definition) is 4. The zero-order valence-corrected chi connectivity index (χ0v) is 15.6. The molecule has 1 aromatic heterocycles. The Hall–Kier alpha value is -3.09. The molecule has 1 fully saturated rings. The molecule has 27 heavy (non-hydrogen) atoms. The number of methoxy groups -OCH3 is 1. The molecule has 1 aromatic carbocycles. The number of amides is 3. The largest absolute Gasteiger partial charge is 0.497 e. The van der Waals surface area contributed by atoms with Gasteiger partial charge in [0.05, 0.1) is 13.2 Å². The van der Waals surface area contributed by atoms with Crippen molar-refractivity contribution in [3.63, 3.8) is 0 Å². The minimum atomic E-state index is -0.193. The molecule has 0 saturated carbocycles. The third kappa shape index (κ3) is 4.55. The molecule has 1 aliphatic heterocycles. The zero-order chi connectivity index (χ0) is 19.2. The molecule has 1 atom stereocenters. The van der Waals surface area contributed by atoms with Crippen LogP contribution < -0.4 is 10.1 Å². The number of urea groups is 1. The Morgan fingerprint density at radius 2 is 2.11 bits per heavy atom. The van der Waals surface area contributed by atoms with Crippen molar-refractivity contribution < 1.29 is 14.3 Å². The van der Waals surface area contributed by atoms with E-state index in [1.54, 1.807) is 29.3 Å². The van der Waals surface area contributed by atoms with Gasteiger partial charge in [0.2, 0.25) is 5.91 Å². The van der Waals surface area contributed by atoms with Crippen molar-refractivity contribution >= 4 is 11.9 Å². The number of pyridine rings is 1. The highest BCUT2D eigenvalue weighted by Crippen LogP contribution is 2.25. The van der Waals surface area contributed by atoms with Crippen LogP contribution in [-0.4, -0.2) is 53.5 Å². The summed E-state index contributed by atoms with van der Waals surface area (Å²) in [7, 11) is 1.62. The maximum Gasteiger partial charge on any atom is 0.317 e. The number of rotatable bonds is 7. The molecular weight excluding hydrogens is 344 g/mol. The summed E-state index contributed by atoms with van der Waals surface area (Å²) in [4.78, 5) is 32.3. The van der Waals surface area contributed by atoms with Crippen molar-refractivity contribution in [3.8, 4) is 5.75 Å². The first kappa shape index (κ1) is 18.7. The quantitative estimate of drug-likeness (QED) is 0.813. The lowest BCUT2D eigenvalue weighted by Crippen LogP contribution is -2.42. The van der Waals surface area contributed by atoms with Gasteiger partial charge in [-0.05, 0) is 36.2 Å². The summed E-state index contributed by atoms with van der Waals surface area (Å²) in [6, 6.07) is 11.1. The van der Waals surface area contributed by atoms with Crippen LogP contribution in [0.1, 0.15) is 24.1 Å². The molecule has 1 saturated heterocycles. The molecule has 1 aliphatic rings. The van der Waals surface area contributed by atoms with Crippen molar-refractivity contribution in [1.82, 2.24) is 20.1 Å². The van der Waals surface area contributed by atoms with E-state index in [2.05, 4.69) is 10.3 Å². The number of nitrogens with zero attached hydrogens (tertiary/aromatic N) is 3. The average molecular weight is 368 g/mol. The van der Waals surface area contributed by atoms with E-state index in [-0.39, 0.29) is 24.5 Å². The summed E-state index contributed by atoms with van der Waals surface area (Å²) in [6.07, 6.45) is 3.46. The first-order valence-electron chi connectivity index (χ1n) is 8.93. The molecule has 2 aromatic rings. The molecule has 7 nitrogen and oxygen atoms in total. The maximum absolute atomic E-state index is 13.0. The molecule has 3 amide bonds. The van der Waals surface area contributed by atoms with Gasteiger partial charge >= 0.3 is 6.03 Å². The Bertz CT molecular complexity index is 780. The minimum absolute atomic E-state index is 0.0621. The first-order valence-corrected chi connectivity index (χ1v) is 8.93. The molecule has 1 unspecified atom stereocenters. The van der Waals surface area contributed by atoms with Crippen LogP contribution in [0.4, 0.5) is 4.79 Å². The fraction of sp³-hybridized carbons (Fsp3) is 0.350. The number of carbonyl (C=O) groups excluding carboxylic acids is 2. The zero-order valence-electron chi connectivity index (χ0n) is 15.6. The molecule has 0 radical (unpaired) electrons. The summed E-state index contributed by atoms with van der Waals surface area (Å²) in [5.41, 5.74) is 1.94. The monoisotopic (exact) mass is 368 g/mol. The Morgan fingerprint density at radius 1 is 1.33 bits per heavy atom. The minimum Gasteiger partial charge on any atom is -0.497 e. The molecule has 0 spiro atoms. The van der Waals surface area contributed by atoms with Crippen molar-refractivity contribution in [3.05, 3.63) is 59.9 Å². The highest BCUT2D eigenvalue weighted by atomic mass is 16.5. The fourth-order valence-electron chi connectivity index (χ4n) is 3.11. The van der Waals surface area contributed by atoms with E-state index in [9.17, 15) is 9.59 Å². The van der Waals surface area contributed by atoms with Gasteiger partial charge in [0, 0.05) is 32.0 Å². The van der Waals surface area contributed by atoms with Crippen molar-refractivity contribution in [1.29, 1.82) is 0 Å². The van der Waals surface area contributed by atoms with Gasteiger partial charge in [-0.1, -0.05) is 18.2 Å². The smallest absolute Gasteiger partial charge is 0.317 e. The van der Waals surface area contributed by atoms with E-state index in [0.29, 0.717) is 19.6 Å². The van der Waals surface area contributed by atoms with Crippen LogP contribution in [0.2, 0.25) is 0 Å². The second-order valence-electron chi connectivity index (χ2n) is 6.49. The van der Waals surface area contributed by atoms with Gasteiger partial charge in [-0.25, -0.2) is 4.79 Å². The Labute approximate surface area is 158 Å². The summed E-state index contributed by atoms with van der Waals surface area (Å²) >= 11 is 0. The van der Waals surface area contributed by atoms with Gasteiger partial charge in [-0.2, -0.15) is 0 Å². The molecule has 1 N–H and O–H groups in total. The van der Waals surface area contributed by atoms with Gasteiger partial charge in [0.15, 0.2) is 0 Å². The molecule has 142 valence electrons. The van der Waals surface area contributed by atoms with E-state index >= 15 is 0 Å². The lowest BCUT2D eigenvalue weighted by Gasteiger charge is -2.31. The van der Waals surface area contributed by atoms with Crippen LogP contribution in [0.5, 0.6) is 5.75 Å². The highest BCUT2D eigenvalue weighted by molar-refractivity contribution is 5.85. The molecule has 7 heteroatoms. The summed E-state index contributed by atoms with van der Waals surface area (Å²) in [5.74, 6) is 0.670. The summed E-state index contributed by atoms with van der Waals surface area (Å²) in [6.45, 7) is 3.59. The standard InChI is InChI=1S/C20H24N4O3/c1-15(17-5-7-18(27-2)8-6-17)24(13-16-4-3-9-21-12-16)19(25)14-23-11-10-22-20(23)26/h3-9,12,15H,10-11,13-14H2,1-2H3,(H,22,26). The molecule has 0 aliphatic carbocycles. The molecule has 3 rings (SSSR count). The number of carbonyl (C=O) groups is 2. The van der Waals surface area contributed by atoms with Gasteiger partial charge in [0.1, 0.15) is 12.3 Å². The van der Waals surface area contributed by atoms with Crippen LogP contribution in [0.25, 0.3) is 0 Å². The lowest BCUT2D eigenvalue weighted by molar-refractivity contribution is -0.134. The van der Waals surface area contributed by atoms with E-state index < -0.39 is 0 Å². The number of hydrogen-bond donors (Lipinski definition) is 1. The van der Waals surface area contributed by atoms with Gasteiger partial charge in [-0.15, -0.1) is 0 Å².